The van der Waals surface area contributed by atoms with Gasteiger partial charge in [-0.05, 0) is 72.5 Å². The molecule has 0 unspecified atom stereocenters. The number of carbonyl (C=O) groups is 2. The molecule has 0 spiro atoms. The molecule has 0 aromatic heterocycles. The van der Waals surface area contributed by atoms with Crippen LogP contribution in [0.4, 0.5) is 17.1 Å². The van der Waals surface area contributed by atoms with Crippen LogP contribution < -0.4 is 4.90 Å². The van der Waals surface area contributed by atoms with Crippen LogP contribution in [0.1, 0.15) is 25.0 Å². The van der Waals surface area contributed by atoms with Crippen molar-refractivity contribution >= 4 is 29.0 Å². The Labute approximate surface area is 229 Å². The molecule has 0 amide bonds. The Morgan fingerprint density at radius 1 is 0.564 bits per heavy atom. The summed E-state index contributed by atoms with van der Waals surface area (Å²) in [6.45, 7) is 10.8. The Hall–Kier alpha value is -4.90. The highest BCUT2D eigenvalue weighted by molar-refractivity contribution is 5.87. The molecule has 5 heteroatoms. The molecule has 0 saturated heterocycles. The summed E-state index contributed by atoms with van der Waals surface area (Å²) in [6, 6.07) is 34.4. The highest BCUT2D eigenvalue weighted by Crippen LogP contribution is 2.36. The van der Waals surface area contributed by atoms with Crippen molar-refractivity contribution in [3.05, 3.63) is 139 Å². The molecule has 5 nitrogen and oxygen atoms in total. The molecule has 196 valence electrons. The fourth-order valence-electron chi connectivity index (χ4n) is 3.91. The summed E-state index contributed by atoms with van der Waals surface area (Å²) >= 11 is 0. The van der Waals surface area contributed by atoms with Gasteiger partial charge in [-0.1, -0.05) is 79.9 Å². The molecule has 0 aliphatic heterocycles. The fraction of sp³-hybridized carbons (Fsp3) is 0.118. The molecule has 0 heterocycles. The molecule has 4 aromatic rings. The van der Waals surface area contributed by atoms with Crippen LogP contribution in [0.15, 0.2) is 127 Å². The van der Waals surface area contributed by atoms with Crippen molar-refractivity contribution in [1.82, 2.24) is 0 Å². The van der Waals surface area contributed by atoms with Crippen LogP contribution in [-0.2, 0) is 32.3 Å². The van der Waals surface area contributed by atoms with Gasteiger partial charge in [-0.3, -0.25) is 0 Å². The van der Waals surface area contributed by atoms with Crippen LogP contribution in [0.2, 0.25) is 0 Å². The second kappa shape index (κ2) is 12.6. The van der Waals surface area contributed by atoms with Gasteiger partial charge in [-0.15, -0.1) is 0 Å². The Kier molecular flexibility index (Phi) is 8.75. The minimum Gasteiger partial charge on any atom is -0.457 e. The van der Waals surface area contributed by atoms with Crippen molar-refractivity contribution < 1.29 is 19.1 Å². The lowest BCUT2D eigenvalue weighted by molar-refractivity contribution is -0.141. The van der Waals surface area contributed by atoms with Crippen LogP contribution in [-0.4, -0.2) is 11.9 Å². The molecule has 0 aliphatic carbocycles. The first-order chi connectivity index (χ1) is 18.8. The average Bonchev–Trinajstić information content (AvgIpc) is 2.96. The van der Waals surface area contributed by atoms with Gasteiger partial charge >= 0.3 is 11.9 Å². The number of hydrogen-bond acceptors (Lipinski definition) is 5. The maximum absolute atomic E-state index is 11.8. The molecule has 0 saturated carbocycles. The predicted molar refractivity (Wildman–Crippen MR) is 156 cm³/mol. The number of hydrogen-bond donors (Lipinski definition) is 0. The molecular formula is C34H31NO4. The molecule has 0 N–H and O–H groups in total. The van der Waals surface area contributed by atoms with E-state index in [4.69, 9.17) is 9.47 Å². The van der Waals surface area contributed by atoms with Gasteiger partial charge in [0.1, 0.15) is 13.2 Å². The molecule has 0 radical (unpaired) electrons. The summed E-state index contributed by atoms with van der Waals surface area (Å²) in [6.07, 6.45) is 0. The number of carbonyl (C=O) groups excluding carboxylic acids is 2. The highest BCUT2D eigenvalue weighted by atomic mass is 16.5. The van der Waals surface area contributed by atoms with Crippen molar-refractivity contribution in [2.45, 2.75) is 27.1 Å². The highest BCUT2D eigenvalue weighted by Gasteiger charge is 2.14. The van der Waals surface area contributed by atoms with E-state index < -0.39 is 11.9 Å². The van der Waals surface area contributed by atoms with Crippen molar-refractivity contribution in [2.75, 3.05) is 4.90 Å². The second-order valence-electron chi connectivity index (χ2n) is 9.29. The topological polar surface area (TPSA) is 55.8 Å². The largest absolute Gasteiger partial charge is 0.457 e. The van der Waals surface area contributed by atoms with Crippen LogP contribution in [0.3, 0.4) is 0 Å². The number of rotatable bonds is 10. The van der Waals surface area contributed by atoms with E-state index in [1.54, 1.807) is 13.8 Å². The Morgan fingerprint density at radius 2 is 0.923 bits per heavy atom. The summed E-state index contributed by atoms with van der Waals surface area (Å²) < 4.78 is 10.6. The minimum absolute atomic E-state index is 0.176. The van der Waals surface area contributed by atoms with E-state index in [1.165, 1.54) is 0 Å². The standard InChI is InChI=1S/C34H31NO4/c1-24(2)33(36)38-22-26-10-16-30(17-11-26)35(31-18-12-27(13-19-31)23-39-34(37)25(3)4)32-20-14-29(15-21-32)28-8-6-5-7-9-28/h5-21H,1,3,22-23H2,2,4H3. The van der Waals surface area contributed by atoms with Crippen LogP contribution in [0, 0.1) is 0 Å². The average molecular weight is 518 g/mol. The van der Waals surface area contributed by atoms with E-state index in [1.807, 2.05) is 66.7 Å². The Bertz CT molecular complexity index is 1380. The quantitative estimate of drug-likeness (QED) is 0.157. The van der Waals surface area contributed by atoms with E-state index in [9.17, 15) is 9.59 Å². The Balaban J connectivity index is 1.61. The summed E-state index contributed by atoms with van der Waals surface area (Å²) in [5.41, 5.74) is 7.64. The summed E-state index contributed by atoms with van der Waals surface area (Å²) in [5.74, 6) is -0.818. The molecule has 0 aliphatic rings. The van der Waals surface area contributed by atoms with Gasteiger partial charge in [0.15, 0.2) is 0 Å². The van der Waals surface area contributed by atoms with Gasteiger partial charge in [0.2, 0.25) is 0 Å². The summed E-state index contributed by atoms with van der Waals surface area (Å²) in [5, 5.41) is 0. The predicted octanol–water partition coefficient (Wildman–Crippen LogP) is 8.06. The first-order valence-electron chi connectivity index (χ1n) is 12.6. The third kappa shape index (κ3) is 7.11. The van der Waals surface area contributed by atoms with Crippen LogP contribution in [0.5, 0.6) is 0 Å². The summed E-state index contributed by atoms with van der Waals surface area (Å²) in [7, 11) is 0. The minimum atomic E-state index is -0.409. The van der Waals surface area contributed by atoms with E-state index in [0.717, 1.165) is 39.3 Å². The smallest absolute Gasteiger partial charge is 0.333 e. The molecule has 0 atom stereocenters. The molecule has 4 aromatic carbocycles. The number of anilines is 3. The Morgan fingerprint density at radius 3 is 1.31 bits per heavy atom. The number of esters is 2. The van der Waals surface area contributed by atoms with Gasteiger partial charge in [0.25, 0.3) is 0 Å². The van der Waals surface area contributed by atoms with Gasteiger partial charge < -0.3 is 14.4 Å². The second-order valence-corrected chi connectivity index (χ2v) is 9.29. The molecule has 4 rings (SSSR count). The normalized spacial score (nSPS) is 10.4. The van der Waals surface area contributed by atoms with Crippen molar-refractivity contribution in [3.63, 3.8) is 0 Å². The van der Waals surface area contributed by atoms with E-state index in [-0.39, 0.29) is 13.2 Å². The van der Waals surface area contributed by atoms with E-state index >= 15 is 0 Å². The summed E-state index contributed by atoms with van der Waals surface area (Å²) in [4.78, 5) is 25.7. The lowest BCUT2D eigenvalue weighted by atomic mass is 10.0. The molecule has 0 bridgehead atoms. The molecular weight excluding hydrogens is 486 g/mol. The SMILES string of the molecule is C=C(C)C(=O)OCc1ccc(N(c2ccc(COC(=O)C(=C)C)cc2)c2ccc(-c3ccccc3)cc2)cc1. The van der Waals surface area contributed by atoms with E-state index in [0.29, 0.717) is 11.1 Å². The zero-order valence-electron chi connectivity index (χ0n) is 22.2. The van der Waals surface area contributed by atoms with Gasteiger partial charge in [0.05, 0.1) is 0 Å². The molecule has 0 fully saturated rings. The number of ether oxygens (including phenoxy) is 2. The van der Waals surface area contributed by atoms with Crippen LogP contribution in [0.25, 0.3) is 11.1 Å². The third-order valence-corrected chi connectivity index (χ3v) is 6.06. The zero-order chi connectivity index (χ0) is 27.8. The first kappa shape index (κ1) is 27.1. The van der Waals surface area contributed by atoms with E-state index in [2.05, 4.69) is 54.5 Å². The third-order valence-electron chi connectivity index (χ3n) is 6.06. The van der Waals surface area contributed by atoms with Crippen molar-refractivity contribution in [1.29, 1.82) is 0 Å². The maximum Gasteiger partial charge on any atom is 0.333 e. The monoisotopic (exact) mass is 517 g/mol. The van der Waals surface area contributed by atoms with Gasteiger partial charge in [0, 0.05) is 28.2 Å². The van der Waals surface area contributed by atoms with Gasteiger partial charge in [-0.25, -0.2) is 9.59 Å². The van der Waals surface area contributed by atoms with Gasteiger partial charge in [-0.2, -0.15) is 0 Å². The maximum atomic E-state index is 11.8. The van der Waals surface area contributed by atoms with Crippen molar-refractivity contribution in [3.8, 4) is 11.1 Å². The lowest BCUT2D eigenvalue weighted by Gasteiger charge is -2.26. The molecule has 39 heavy (non-hydrogen) atoms. The number of benzene rings is 4. The lowest BCUT2D eigenvalue weighted by Crippen LogP contribution is -2.10. The zero-order valence-corrected chi connectivity index (χ0v) is 22.2. The number of nitrogens with zero attached hydrogens (tertiary/aromatic N) is 1. The van der Waals surface area contributed by atoms with Crippen LogP contribution >= 0.6 is 0 Å². The fourth-order valence-corrected chi connectivity index (χ4v) is 3.91. The first-order valence-corrected chi connectivity index (χ1v) is 12.6. The van der Waals surface area contributed by atoms with Crippen molar-refractivity contribution in [2.24, 2.45) is 0 Å².